The molecule has 0 aromatic rings. The monoisotopic (exact) mass is 168 g/mol. The van der Waals surface area contributed by atoms with Crippen molar-refractivity contribution >= 4 is 5.97 Å². The summed E-state index contributed by atoms with van der Waals surface area (Å²) in [7, 11) is 1.40. The Balaban J connectivity index is 3.37. The number of rotatable bonds is 5. The zero-order valence-electron chi connectivity index (χ0n) is 7.75. The molecule has 0 aliphatic carbocycles. The first-order chi connectivity index (χ1) is 5.81. The number of hydrogen-bond donors (Lipinski definition) is 0. The van der Waals surface area contributed by atoms with E-state index >= 15 is 0 Å². The van der Waals surface area contributed by atoms with Gasteiger partial charge in [-0.3, -0.25) is 4.79 Å². The zero-order valence-corrected chi connectivity index (χ0v) is 7.75. The summed E-state index contributed by atoms with van der Waals surface area (Å²) in [5.41, 5.74) is 0. The summed E-state index contributed by atoms with van der Waals surface area (Å²) in [5.74, 6) is -0.189. The van der Waals surface area contributed by atoms with Crippen LogP contribution in [0.3, 0.4) is 0 Å². The summed E-state index contributed by atoms with van der Waals surface area (Å²) in [5, 5.41) is 0. The van der Waals surface area contributed by atoms with E-state index in [0.29, 0.717) is 6.42 Å². The molecule has 0 rings (SSSR count). The summed E-state index contributed by atoms with van der Waals surface area (Å²) >= 11 is 0. The SMILES string of the molecule is CC/C=C/C/C=C/CC(=O)OC. The van der Waals surface area contributed by atoms with Crippen LogP contribution in [-0.2, 0) is 9.53 Å². The van der Waals surface area contributed by atoms with Crippen molar-refractivity contribution in [2.75, 3.05) is 7.11 Å². The van der Waals surface area contributed by atoms with Crippen molar-refractivity contribution < 1.29 is 9.53 Å². The van der Waals surface area contributed by atoms with Gasteiger partial charge >= 0.3 is 5.97 Å². The van der Waals surface area contributed by atoms with Gasteiger partial charge in [0.25, 0.3) is 0 Å². The lowest BCUT2D eigenvalue weighted by Crippen LogP contribution is -1.96. The average Bonchev–Trinajstić information content (AvgIpc) is 2.10. The van der Waals surface area contributed by atoms with Crippen molar-refractivity contribution in [3.05, 3.63) is 24.3 Å². The molecular formula is C10H16O2. The molecule has 0 spiro atoms. The van der Waals surface area contributed by atoms with Crippen LogP contribution in [-0.4, -0.2) is 13.1 Å². The number of ether oxygens (including phenoxy) is 1. The van der Waals surface area contributed by atoms with Gasteiger partial charge in [-0.2, -0.15) is 0 Å². The van der Waals surface area contributed by atoms with Crippen molar-refractivity contribution in [2.45, 2.75) is 26.2 Å². The van der Waals surface area contributed by atoms with Gasteiger partial charge in [-0.1, -0.05) is 31.2 Å². The summed E-state index contributed by atoms with van der Waals surface area (Å²) in [6.07, 6.45) is 10.3. The summed E-state index contributed by atoms with van der Waals surface area (Å²) < 4.78 is 4.47. The quantitative estimate of drug-likeness (QED) is 0.465. The van der Waals surface area contributed by atoms with Gasteiger partial charge in [0.05, 0.1) is 13.5 Å². The molecule has 0 heterocycles. The van der Waals surface area contributed by atoms with Crippen LogP contribution < -0.4 is 0 Å². The maximum atomic E-state index is 10.6. The highest BCUT2D eigenvalue weighted by Gasteiger charge is 1.91. The molecule has 0 fully saturated rings. The number of allylic oxidation sites excluding steroid dienone is 3. The number of carbonyl (C=O) groups is 1. The van der Waals surface area contributed by atoms with Crippen LogP contribution in [0, 0.1) is 0 Å². The molecule has 2 nitrogen and oxygen atoms in total. The maximum Gasteiger partial charge on any atom is 0.309 e. The molecule has 0 N–H and O–H groups in total. The fourth-order valence-electron chi connectivity index (χ4n) is 0.701. The third kappa shape index (κ3) is 7.06. The van der Waals surface area contributed by atoms with E-state index in [0.717, 1.165) is 12.8 Å². The molecule has 0 saturated carbocycles. The third-order valence-corrected chi connectivity index (χ3v) is 1.35. The van der Waals surface area contributed by atoms with Crippen molar-refractivity contribution in [3.63, 3.8) is 0 Å². The van der Waals surface area contributed by atoms with Crippen molar-refractivity contribution in [1.82, 2.24) is 0 Å². The number of methoxy groups -OCH3 is 1. The van der Waals surface area contributed by atoms with E-state index < -0.39 is 0 Å². The Morgan fingerprint density at radius 3 is 2.50 bits per heavy atom. The average molecular weight is 168 g/mol. The topological polar surface area (TPSA) is 26.3 Å². The Morgan fingerprint density at radius 2 is 1.92 bits per heavy atom. The summed E-state index contributed by atoms with van der Waals surface area (Å²) in [6, 6.07) is 0. The highest BCUT2D eigenvalue weighted by Crippen LogP contribution is 1.91. The van der Waals surface area contributed by atoms with E-state index in [2.05, 4.69) is 23.8 Å². The van der Waals surface area contributed by atoms with Crippen LogP contribution in [0.25, 0.3) is 0 Å². The Hall–Kier alpha value is -1.05. The standard InChI is InChI=1S/C10H16O2/c1-3-4-5-6-7-8-9-10(11)12-2/h4-5,7-8H,3,6,9H2,1-2H3/b5-4+,8-7+. The zero-order chi connectivity index (χ0) is 9.23. The second kappa shape index (κ2) is 8.05. The molecule has 0 aliphatic rings. The van der Waals surface area contributed by atoms with Gasteiger partial charge in [0.1, 0.15) is 0 Å². The number of hydrogen-bond acceptors (Lipinski definition) is 2. The van der Waals surface area contributed by atoms with E-state index in [1.807, 2.05) is 12.2 Å². The first kappa shape index (κ1) is 11.0. The molecule has 12 heavy (non-hydrogen) atoms. The lowest BCUT2D eigenvalue weighted by Gasteiger charge is -1.90. The molecule has 68 valence electrons. The highest BCUT2D eigenvalue weighted by atomic mass is 16.5. The fraction of sp³-hybridized carbons (Fsp3) is 0.500. The van der Waals surface area contributed by atoms with Crippen LogP contribution >= 0.6 is 0 Å². The molecule has 0 bridgehead atoms. The lowest BCUT2D eigenvalue weighted by molar-refractivity contribution is -0.139. The molecule has 0 unspecified atom stereocenters. The second-order valence-corrected chi connectivity index (χ2v) is 2.37. The molecule has 0 aromatic carbocycles. The van der Waals surface area contributed by atoms with E-state index in [1.54, 1.807) is 0 Å². The molecular weight excluding hydrogens is 152 g/mol. The van der Waals surface area contributed by atoms with Crippen molar-refractivity contribution in [1.29, 1.82) is 0 Å². The Labute approximate surface area is 73.9 Å². The Bertz CT molecular complexity index is 169. The molecule has 0 saturated heterocycles. The minimum atomic E-state index is -0.189. The largest absolute Gasteiger partial charge is 0.469 e. The van der Waals surface area contributed by atoms with Crippen LogP contribution in [0.5, 0.6) is 0 Å². The van der Waals surface area contributed by atoms with E-state index in [1.165, 1.54) is 7.11 Å². The van der Waals surface area contributed by atoms with Crippen LogP contribution in [0.15, 0.2) is 24.3 Å². The smallest absolute Gasteiger partial charge is 0.309 e. The van der Waals surface area contributed by atoms with Crippen molar-refractivity contribution in [2.24, 2.45) is 0 Å². The Kier molecular flexibility index (Phi) is 7.35. The van der Waals surface area contributed by atoms with Crippen LogP contribution in [0.1, 0.15) is 26.2 Å². The van der Waals surface area contributed by atoms with Gasteiger partial charge in [0.2, 0.25) is 0 Å². The van der Waals surface area contributed by atoms with Gasteiger partial charge in [-0.25, -0.2) is 0 Å². The summed E-state index contributed by atoms with van der Waals surface area (Å²) in [6.45, 7) is 2.09. The molecule has 0 aromatic heterocycles. The Morgan fingerprint density at radius 1 is 1.25 bits per heavy atom. The highest BCUT2D eigenvalue weighted by molar-refractivity contribution is 5.70. The number of carbonyl (C=O) groups excluding carboxylic acids is 1. The molecule has 0 amide bonds. The minimum Gasteiger partial charge on any atom is -0.469 e. The minimum absolute atomic E-state index is 0.189. The van der Waals surface area contributed by atoms with Gasteiger partial charge < -0.3 is 4.74 Å². The lowest BCUT2D eigenvalue weighted by atomic mass is 10.3. The molecule has 2 heteroatoms. The molecule has 0 radical (unpaired) electrons. The second-order valence-electron chi connectivity index (χ2n) is 2.37. The van der Waals surface area contributed by atoms with Crippen LogP contribution in [0.2, 0.25) is 0 Å². The van der Waals surface area contributed by atoms with Gasteiger partial charge in [-0.15, -0.1) is 0 Å². The van der Waals surface area contributed by atoms with Gasteiger partial charge in [-0.05, 0) is 12.8 Å². The van der Waals surface area contributed by atoms with E-state index in [-0.39, 0.29) is 5.97 Å². The first-order valence-corrected chi connectivity index (χ1v) is 4.18. The van der Waals surface area contributed by atoms with Gasteiger partial charge in [0, 0.05) is 0 Å². The normalized spacial score (nSPS) is 11.2. The van der Waals surface area contributed by atoms with E-state index in [4.69, 9.17) is 0 Å². The van der Waals surface area contributed by atoms with Gasteiger partial charge in [0.15, 0.2) is 0 Å². The van der Waals surface area contributed by atoms with Crippen molar-refractivity contribution in [3.8, 4) is 0 Å². The molecule has 0 atom stereocenters. The maximum absolute atomic E-state index is 10.6. The van der Waals surface area contributed by atoms with E-state index in [9.17, 15) is 4.79 Å². The third-order valence-electron chi connectivity index (χ3n) is 1.35. The first-order valence-electron chi connectivity index (χ1n) is 4.18. The predicted octanol–water partition coefficient (Wildman–Crippen LogP) is 2.46. The fourth-order valence-corrected chi connectivity index (χ4v) is 0.701. The van der Waals surface area contributed by atoms with Crippen LogP contribution in [0.4, 0.5) is 0 Å². The summed E-state index contributed by atoms with van der Waals surface area (Å²) in [4.78, 5) is 10.6. The molecule has 0 aliphatic heterocycles. The number of esters is 1. The predicted molar refractivity (Wildman–Crippen MR) is 49.8 cm³/mol.